The first kappa shape index (κ1) is 13.7. The highest BCUT2D eigenvalue weighted by Crippen LogP contribution is 2.21. The molecule has 0 unspecified atom stereocenters. The van der Waals surface area contributed by atoms with Crippen LogP contribution in [0.3, 0.4) is 0 Å². The summed E-state index contributed by atoms with van der Waals surface area (Å²) in [6, 6.07) is 2.14. The summed E-state index contributed by atoms with van der Waals surface area (Å²) in [6.07, 6.45) is 0. The fourth-order valence-electron chi connectivity index (χ4n) is 1.99. The van der Waals surface area contributed by atoms with E-state index in [0.717, 1.165) is 12.1 Å². The molecule has 1 aromatic carbocycles. The fourth-order valence-corrected chi connectivity index (χ4v) is 1.99. The molecular formula is C13H16F2N2O2. The molecule has 19 heavy (non-hydrogen) atoms. The lowest BCUT2D eigenvalue weighted by Gasteiger charge is -2.27. The molecule has 2 rings (SSSR count). The predicted octanol–water partition coefficient (Wildman–Crippen LogP) is 1.87. The van der Waals surface area contributed by atoms with Gasteiger partial charge in [-0.05, 0) is 19.1 Å². The van der Waals surface area contributed by atoms with Gasteiger partial charge in [-0.25, -0.2) is 8.78 Å². The number of morpholine rings is 1. The normalized spacial score (nSPS) is 15.4. The van der Waals surface area contributed by atoms with Crippen molar-refractivity contribution in [2.24, 2.45) is 0 Å². The number of amides is 1. The van der Waals surface area contributed by atoms with Crippen molar-refractivity contribution < 1.29 is 18.3 Å². The molecule has 0 radical (unpaired) electrons. The molecule has 1 fully saturated rings. The van der Waals surface area contributed by atoms with Crippen LogP contribution in [0.4, 0.5) is 14.5 Å². The number of hydrogen-bond acceptors (Lipinski definition) is 3. The Bertz CT molecular complexity index is 451. The molecule has 0 bridgehead atoms. The first-order valence-electron chi connectivity index (χ1n) is 6.23. The van der Waals surface area contributed by atoms with E-state index in [1.807, 2.05) is 0 Å². The molecule has 104 valence electrons. The summed E-state index contributed by atoms with van der Waals surface area (Å²) < 4.78 is 32.6. The number of carbonyl (C=O) groups is 1. The van der Waals surface area contributed by atoms with Crippen LogP contribution < -0.4 is 5.32 Å². The number of hydrogen-bond donors (Lipinski definition) is 1. The zero-order chi connectivity index (χ0) is 13.8. The highest BCUT2D eigenvalue weighted by molar-refractivity contribution is 5.94. The largest absolute Gasteiger partial charge is 0.381 e. The number of benzene rings is 1. The molecular weight excluding hydrogens is 254 g/mol. The molecule has 1 amide bonds. The van der Waals surface area contributed by atoms with Gasteiger partial charge in [0.25, 0.3) is 5.91 Å². The third-order valence-corrected chi connectivity index (χ3v) is 2.94. The Morgan fingerprint density at radius 1 is 1.32 bits per heavy atom. The molecule has 0 aromatic heterocycles. The second-order valence-corrected chi connectivity index (χ2v) is 4.25. The van der Waals surface area contributed by atoms with E-state index in [9.17, 15) is 13.6 Å². The maximum atomic E-state index is 13.7. The van der Waals surface area contributed by atoms with E-state index in [-0.39, 0.29) is 17.2 Å². The number of ether oxygens (including phenoxy) is 1. The molecule has 1 aliphatic rings. The molecule has 1 heterocycles. The number of nitrogens with zero attached hydrogens (tertiary/aromatic N) is 1. The maximum Gasteiger partial charge on any atom is 0.254 e. The van der Waals surface area contributed by atoms with Gasteiger partial charge in [0.1, 0.15) is 17.3 Å². The van der Waals surface area contributed by atoms with E-state index in [1.54, 1.807) is 6.92 Å². The second kappa shape index (κ2) is 5.97. The molecule has 6 heteroatoms. The summed E-state index contributed by atoms with van der Waals surface area (Å²) in [4.78, 5) is 13.6. The van der Waals surface area contributed by atoms with Gasteiger partial charge in [-0.3, -0.25) is 4.79 Å². The lowest BCUT2D eigenvalue weighted by atomic mass is 10.1. The molecule has 1 saturated heterocycles. The molecule has 0 saturated carbocycles. The van der Waals surface area contributed by atoms with Crippen molar-refractivity contribution in [3.8, 4) is 0 Å². The van der Waals surface area contributed by atoms with Crippen molar-refractivity contribution in [2.45, 2.75) is 6.92 Å². The van der Waals surface area contributed by atoms with Crippen LogP contribution in [0.5, 0.6) is 0 Å². The minimum Gasteiger partial charge on any atom is -0.381 e. The van der Waals surface area contributed by atoms with E-state index in [2.05, 4.69) is 5.32 Å². The lowest BCUT2D eigenvalue weighted by Crippen LogP contribution is -2.40. The van der Waals surface area contributed by atoms with Crippen molar-refractivity contribution in [1.82, 2.24) is 4.90 Å². The Morgan fingerprint density at radius 3 is 2.42 bits per heavy atom. The Kier molecular flexibility index (Phi) is 4.31. The zero-order valence-corrected chi connectivity index (χ0v) is 10.7. The van der Waals surface area contributed by atoms with Gasteiger partial charge < -0.3 is 15.0 Å². The molecule has 0 spiro atoms. The van der Waals surface area contributed by atoms with Crippen molar-refractivity contribution in [3.05, 3.63) is 29.3 Å². The Balaban J connectivity index is 2.22. The summed E-state index contributed by atoms with van der Waals surface area (Å²) in [5, 5.41) is 2.59. The summed E-state index contributed by atoms with van der Waals surface area (Å²) >= 11 is 0. The Labute approximate surface area is 110 Å². The van der Waals surface area contributed by atoms with Crippen molar-refractivity contribution in [1.29, 1.82) is 0 Å². The number of anilines is 1. The van der Waals surface area contributed by atoms with Gasteiger partial charge >= 0.3 is 0 Å². The number of rotatable bonds is 3. The van der Waals surface area contributed by atoms with E-state index in [0.29, 0.717) is 32.8 Å². The fraction of sp³-hybridized carbons (Fsp3) is 0.462. The summed E-state index contributed by atoms with van der Waals surface area (Å²) in [5.41, 5.74) is -0.167. The lowest BCUT2D eigenvalue weighted by molar-refractivity contribution is 0.0302. The molecule has 1 aromatic rings. The van der Waals surface area contributed by atoms with Crippen LogP contribution in [0.15, 0.2) is 12.1 Å². The Hall–Kier alpha value is -1.69. The number of nitrogens with one attached hydrogen (secondary N) is 1. The topological polar surface area (TPSA) is 41.6 Å². The van der Waals surface area contributed by atoms with Crippen molar-refractivity contribution in [3.63, 3.8) is 0 Å². The molecule has 0 atom stereocenters. The molecule has 1 N–H and O–H groups in total. The quantitative estimate of drug-likeness (QED) is 0.911. The van der Waals surface area contributed by atoms with Gasteiger partial charge in [-0.1, -0.05) is 0 Å². The average molecular weight is 270 g/mol. The van der Waals surface area contributed by atoms with Crippen LogP contribution in [0.25, 0.3) is 0 Å². The minimum absolute atomic E-state index is 0.0264. The number of halogens is 2. The van der Waals surface area contributed by atoms with Gasteiger partial charge in [-0.2, -0.15) is 0 Å². The molecule has 4 nitrogen and oxygen atoms in total. The summed E-state index contributed by atoms with van der Waals surface area (Å²) in [7, 11) is 0. The van der Waals surface area contributed by atoms with Crippen LogP contribution in [0, 0.1) is 11.6 Å². The van der Waals surface area contributed by atoms with E-state index in [4.69, 9.17) is 4.74 Å². The van der Waals surface area contributed by atoms with E-state index >= 15 is 0 Å². The standard InChI is InChI=1S/C13H16F2N2O2/c1-2-16-12-10(14)7-9(8-11(12)15)13(18)17-3-5-19-6-4-17/h7-8,16H,2-6H2,1H3. The minimum atomic E-state index is -0.751. The second-order valence-electron chi connectivity index (χ2n) is 4.25. The maximum absolute atomic E-state index is 13.7. The SMILES string of the molecule is CCNc1c(F)cc(C(=O)N2CCOCC2)cc1F. The smallest absolute Gasteiger partial charge is 0.254 e. The van der Waals surface area contributed by atoms with Gasteiger partial charge in [0.2, 0.25) is 0 Å². The van der Waals surface area contributed by atoms with Gasteiger partial charge in [-0.15, -0.1) is 0 Å². The summed E-state index contributed by atoms with van der Waals surface area (Å²) in [6.45, 7) is 3.93. The highest BCUT2D eigenvalue weighted by atomic mass is 19.1. The molecule has 1 aliphatic heterocycles. The zero-order valence-electron chi connectivity index (χ0n) is 10.7. The first-order chi connectivity index (χ1) is 9.13. The van der Waals surface area contributed by atoms with Gasteiger partial charge in [0.05, 0.1) is 13.2 Å². The van der Waals surface area contributed by atoms with Crippen molar-refractivity contribution in [2.75, 3.05) is 38.2 Å². The van der Waals surface area contributed by atoms with Gasteiger partial charge in [0.15, 0.2) is 0 Å². The van der Waals surface area contributed by atoms with Crippen LogP contribution >= 0.6 is 0 Å². The highest BCUT2D eigenvalue weighted by Gasteiger charge is 2.21. The monoisotopic (exact) mass is 270 g/mol. The molecule has 0 aliphatic carbocycles. The predicted molar refractivity (Wildman–Crippen MR) is 67.2 cm³/mol. The third kappa shape index (κ3) is 3.01. The third-order valence-electron chi connectivity index (χ3n) is 2.94. The number of carbonyl (C=O) groups excluding carboxylic acids is 1. The Morgan fingerprint density at radius 2 is 1.89 bits per heavy atom. The van der Waals surface area contributed by atoms with Gasteiger partial charge in [0, 0.05) is 25.2 Å². The first-order valence-corrected chi connectivity index (χ1v) is 6.23. The van der Waals surface area contributed by atoms with E-state index < -0.39 is 11.6 Å². The van der Waals surface area contributed by atoms with Crippen LogP contribution in [0.1, 0.15) is 17.3 Å². The van der Waals surface area contributed by atoms with Crippen molar-refractivity contribution >= 4 is 11.6 Å². The summed E-state index contributed by atoms with van der Waals surface area (Å²) in [5.74, 6) is -1.87. The van der Waals surface area contributed by atoms with Crippen LogP contribution in [-0.4, -0.2) is 43.7 Å². The van der Waals surface area contributed by atoms with E-state index in [1.165, 1.54) is 4.90 Å². The van der Waals surface area contributed by atoms with Crippen LogP contribution in [-0.2, 0) is 4.74 Å². The van der Waals surface area contributed by atoms with Crippen LogP contribution in [0.2, 0.25) is 0 Å². The average Bonchev–Trinajstić information content (AvgIpc) is 2.43.